The third-order valence-corrected chi connectivity index (χ3v) is 3.69. The molecule has 1 aromatic carbocycles. The average Bonchev–Trinajstić information content (AvgIpc) is 3.05. The van der Waals surface area contributed by atoms with Gasteiger partial charge < -0.3 is 14.4 Å². The molecular weight excluding hydrogens is 306 g/mol. The SMILES string of the molecule is CN(CCn1cccn1)C(=O)c1cc(Cl)c2c(c1)OCCO2. The first-order valence-electron chi connectivity index (χ1n) is 6.97. The van der Waals surface area contributed by atoms with Crippen LogP contribution >= 0.6 is 11.6 Å². The lowest BCUT2D eigenvalue weighted by atomic mass is 10.1. The Hall–Kier alpha value is -2.21. The van der Waals surface area contributed by atoms with E-state index in [2.05, 4.69) is 5.10 Å². The molecule has 1 aliphatic rings. The van der Waals surface area contributed by atoms with Crippen molar-refractivity contribution in [2.45, 2.75) is 6.54 Å². The Kier molecular flexibility index (Phi) is 4.20. The lowest BCUT2D eigenvalue weighted by Crippen LogP contribution is -2.30. The fourth-order valence-corrected chi connectivity index (χ4v) is 2.51. The highest BCUT2D eigenvalue weighted by atomic mass is 35.5. The summed E-state index contributed by atoms with van der Waals surface area (Å²) in [7, 11) is 1.75. The summed E-state index contributed by atoms with van der Waals surface area (Å²) in [4.78, 5) is 14.1. The molecule has 6 nitrogen and oxygen atoms in total. The van der Waals surface area contributed by atoms with E-state index in [0.717, 1.165) is 0 Å². The predicted octanol–water partition coefficient (Wildman–Crippen LogP) is 2.08. The lowest BCUT2D eigenvalue weighted by molar-refractivity contribution is 0.0788. The van der Waals surface area contributed by atoms with E-state index < -0.39 is 0 Å². The Morgan fingerprint density at radius 2 is 2.23 bits per heavy atom. The van der Waals surface area contributed by atoms with Crippen LogP contribution in [0.3, 0.4) is 0 Å². The molecule has 0 N–H and O–H groups in total. The maximum absolute atomic E-state index is 12.5. The van der Waals surface area contributed by atoms with Gasteiger partial charge in [0.2, 0.25) is 0 Å². The number of halogens is 1. The first kappa shape index (κ1) is 14.7. The Balaban J connectivity index is 1.72. The minimum atomic E-state index is -0.119. The van der Waals surface area contributed by atoms with Gasteiger partial charge in [-0.3, -0.25) is 9.48 Å². The minimum Gasteiger partial charge on any atom is -0.486 e. The number of nitrogens with zero attached hydrogens (tertiary/aromatic N) is 3. The van der Waals surface area contributed by atoms with Crippen molar-refractivity contribution in [3.63, 3.8) is 0 Å². The van der Waals surface area contributed by atoms with Crippen molar-refractivity contribution in [2.75, 3.05) is 26.8 Å². The Morgan fingerprint density at radius 3 is 3.00 bits per heavy atom. The molecule has 1 aliphatic heterocycles. The molecule has 0 bridgehead atoms. The molecule has 0 fully saturated rings. The molecule has 0 aliphatic carbocycles. The van der Waals surface area contributed by atoms with Crippen LogP contribution in [-0.2, 0) is 6.54 Å². The summed E-state index contributed by atoms with van der Waals surface area (Å²) >= 11 is 6.16. The second kappa shape index (κ2) is 6.27. The average molecular weight is 322 g/mol. The van der Waals surface area contributed by atoms with E-state index in [0.29, 0.717) is 48.4 Å². The third-order valence-electron chi connectivity index (χ3n) is 3.41. The third kappa shape index (κ3) is 3.01. The zero-order chi connectivity index (χ0) is 15.5. The number of benzene rings is 1. The van der Waals surface area contributed by atoms with E-state index in [1.165, 1.54) is 0 Å². The number of ether oxygens (including phenoxy) is 2. The van der Waals surface area contributed by atoms with Crippen molar-refractivity contribution in [2.24, 2.45) is 0 Å². The topological polar surface area (TPSA) is 56.6 Å². The molecule has 2 aromatic rings. The molecule has 0 saturated carbocycles. The van der Waals surface area contributed by atoms with Gasteiger partial charge in [0.1, 0.15) is 13.2 Å². The molecule has 0 radical (unpaired) electrons. The van der Waals surface area contributed by atoms with Gasteiger partial charge in [0.05, 0.1) is 11.6 Å². The van der Waals surface area contributed by atoms with Gasteiger partial charge in [-0.2, -0.15) is 5.10 Å². The fourth-order valence-electron chi connectivity index (χ4n) is 2.24. The van der Waals surface area contributed by atoms with Gasteiger partial charge in [0.15, 0.2) is 11.5 Å². The van der Waals surface area contributed by atoms with Crippen LogP contribution < -0.4 is 9.47 Å². The maximum atomic E-state index is 12.5. The van der Waals surface area contributed by atoms with Gasteiger partial charge in [-0.05, 0) is 18.2 Å². The van der Waals surface area contributed by atoms with E-state index in [4.69, 9.17) is 21.1 Å². The summed E-state index contributed by atoms with van der Waals surface area (Å²) in [6.07, 6.45) is 3.57. The highest BCUT2D eigenvalue weighted by Gasteiger charge is 2.20. The lowest BCUT2D eigenvalue weighted by Gasteiger charge is -2.22. The molecule has 1 amide bonds. The van der Waals surface area contributed by atoms with Crippen molar-refractivity contribution in [3.05, 3.63) is 41.2 Å². The van der Waals surface area contributed by atoms with Gasteiger partial charge in [-0.15, -0.1) is 0 Å². The minimum absolute atomic E-state index is 0.119. The summed E-state index contributed by atoms with van der Waals surface area (Å²) in [6, 6.07) is 5.14. The van der Waals surface area contributed by atoms with Crippen LogP contribution in [0, 0.1) is 0 Å². The van der Waals surface area contributed by atoms with Gasteiger partial charge in [-0.1, -0.05) is 11.6 Å². The van der Waals surface area contributed by atoms with Gasteiger partial charge >= 0.3 is 0 Å². The zero-order valence-electron chi connectivity index (χ0n) is 12.2. The van der Waals surface area contributed by atoms with Crippen LogP contribution in [0.25, 0.3) is 0 Å². The first-order chi connectivity index (χ1) is 10.6. The molecule has 116 valence electrons. The number of amides is 1. The fraction of sp³-hybridized carbons (Fsp3) is 0.333. The number of carbonyl (C=O) groups excluding carboxylic acids is 1. The molecule has 0 spiro atoms. The van der Waals surface area contributed by atoms with E-state index in [9.17, 15) is 4.79 Å². The largest absolute Gasteiger partial charge is 0.486 e. The van der Waals surface area contributed by atoms with E-state index in [-0.39, 0.29) is 5.91 Å². The van der Waals surface area contributed by atoms with Crippen LogP contribution in [0.4, 0.5) is 0 Å². The van der Waals surface area contributed by atoms with Crippen LogP contribution in [0.2, 0.25) is 5.02 Å². The van der Waals surface area contributed by atoms with Crippen molar-refractivity contribution in [1.82, 2.24) is 14.7 Å². The standard InChI is InChI=1S/C15H16ClN3O3/c1-18(5-6-19-4-2-3-17-19)15(20)11-9-12(16)14-13(10-11)21-7-8-22-14/h2-4,9-10H,5-8H2,1H3. The summed E-state index contributed by atoms with van der Waals surface area (Å²) in [5.41, 5.74) is 0.484. The number of carbonyl (C=O) groups is 1. The molecular formula is C15H16ClN3O3. The molecule has 7 heteroatoms. The molecule has 0 unspecified atom stereocenters. The highest BCUT2D eigenvalue weighted by molar-refractivity contribution is 6.32. The monoisotopic (exact) mass is 321 g/mol. The molecule has 22 heavy (non-hydrogen) atoms. The Morgan fingerprint density at radius 1 is 1.41 bits per heavy atom. The number of hydrogen-bond acceptors (Lipinski definition) is 4. The van der Waals surface area contributed by atoms with Crippen LogP contribution in [0.15, 0.2) is 30.6 Å². The van der Waals surface area contributed by atoms with Crippen molar-refractivity contribution >= 4 is 17.5 Å². The van der Waals surface area contributed by atoms with Gasteiger partial charge in [0.25, 0.3) is 5.91 Å². The number of hydrogen-bond donors (Lipinski definition) is 0. The molecule has 3 rings (SSSR count). The maximum Gasteiger partial charge on any atom is 0.253 e. The summed E-state index contributed by atoms with van der Waals surface area (Å²) in [5.74, 6) is 0.900. The predicted molar refractivity (Wildman–Crippen MR) is 81.6 cm³/mol. The quantitative estimate of drug-likeness (QED) is 0.865. The summed E-state index contributed by atoms with van der Waals surface area (Å²) in [6.45, 7) is 2.10. The number of fused-ring (bicyclic) bond motifs is 1. The molecule has 0 atom stereocenters. The second-order valence-electron chi connectivity index (χ2n) is 4.98. The van der Waals surface area contributed by atoms with Gasteiger partial charge in [-0.25, -0.2) is 0 Å². The normalized spacial score (nSPS) is 13.0. The summed E-state index contributed by atoms with van der Waals surface area (Å²) in [5, 5.41) is 4.50. The van der Waals surface area contributed by atoms with Crippen LogP contribution in [-0.4, -0.2) is 47.4 Å². The second-order valence-corrected chi connectivity index (χ2v) is 5.39. The van der Waals surface area contributed by atoms with Crippen molar-refractivity contribution < 1.29 is 14.3 Å². The van der Waals surface area contributed by atoms with Crippen LogP contribution in [0.1, 0.15) is 10.4 Å². The van der Waals surface area contributed by atoms with E-state index >= 15 is 0 Å². The van der Waals surface area contributed by atoms with Gasteiger partial charge in [0, 0.05) is 31.5 Å². The van der Waals surface area contributed by atoms with Crippen molar-refractivity contribution in [1.29, 1.82) is 0 Å². The Bertz CT molecular complexity index is 673. The smallest absolute Gasteiger partial charge is 0.253 e. The highest BCUT2D eigenvalue weighted by Crippen LogP contribution is 2.38. The summed E-state index contributed by atoms with van der Waals surface area (Å²) < 4.78 is 12.7. The molecule has 1 aromatic heterocycles. The van der Waals surface area contributed by atoms with E-state index in [1.807, 2.05) is 12.3 Å². The Labute approximate surface area is 133 Å². The first-order valence-corrected chi connectivity index (χ1v) is 7.35. The van der Waals surface area contributed by atoms with Crippen molar-refractivity contribution in [3.8, 4) is 11.5 Å². The molecule has 2 heterocycles. The van der Waals surface area contributed by atoms with E-state index in [1.54, 1.807) is 35.0 Å². The number of likely N-dealkylation sites (N-methyl/N-ethyl adjacent to an activating group) is 1. The molecule has 0 saturated heterocycles. The number of aromatic nitrogens is 2. The number of rotatable bonds is 4. The zero-order valence-corrected chi connectivity index (χ0v) is 12.9. The van der Waals surface area contributed by atoms with Crippen LogP contribution in [0.5, 0.6) is 11.5 Å².